The highest BCUT2D eigenvalue weighted by Crippen LogP contribution is 2.40. The lowest BCUT2D eigenvalue weighted by molar-refractivity contribution is -0.378. The number of rotatable bonds is 21. The fourth-order valence-electron chi connectivity index (χ4n) is 9.19. The fraction of sp³-hybridized carbons (Fsp3) is 1.00. The summed E-state index contributed by atoms with van der Waals surface area (Å²) in [5, 5.41) is 180. The average Bonchev–Trinajstić information content (AvgIpc) is 3.33. The summed E-state index contributed by atoms with van der Waals surface area (Å²) in [4.78, 5) is 0. The van der Waals surface area contributed by atoms with Crippen molar-refractivity contribution in [2.75, 3.05) is 46.8 Å². The maximum Gasteiger partial charge on any atom is 0.187 e. The molecular formula is C40H72O28. The van der Waals surface area contributed by atoms with Gasteiger partial charge in [-0.1, -0.05) is 6.92 Å². The summed E-state index contributed by atoms with van der Waals surface area (Å²) in [6, 6.07) is 0. The molecule has 400 valence electrons. The zero-order valence-electron chi connectivity index (χ0n) is 37.8. The lowest BCUT2D eigenvalue weighted by atomic mass is 9.78. The second-order valence-corrected chi connectivity index (χ2v) is 17.8. The van der Waals surface area contributed by atoms with E-state index in [2.05, 4.69) is 0 Å². The average molecular weight is 1000 g/mol. The molecule has 5 rings (SSSR count). The lowest BCUT2D eigenvalue weighted by Gasteiger charge is -2.50. The normalized spacial score (nSPS) is 47.9. The Morgan fingerprint density at radius 2 is 0.897 bits per heavy atom. The van der Waals surface area contributed by atoms with Crippen LogP contribution in [0.3, 0.4) is 0 Å². The minimum absolute atomic E-state index is 0.345. The molecule has 17 N–H and O–H groups in total. The molecule has 0 aliphatic carbocycles. The van der Waals surface area contributed by atoms with E-state index in [0.29, 0.717) is 0 Å². The quantitative estimate of drug-likeness (QED) is 0.0475. The maximum atomic E-state index is 11.7. The van der Waals surface area contributed by atoms with Crippen LogP contribution in [0.4, 0.5) is 0 Å². The molecule has 5 aliphatic rings. The summed E-state index contributed by atoms with van der Waals surface area (Å²) in [5.74, 6) is -2.31. The van der Waals surface area contributed by atoms with E-state index in [1.807, 2.05) is 0 Å². The summed E-state index contributed by atoms with van der Waals surface area (Å²) >= 11 is 0. The number of ether oxygens (including phenoxy) is 11. The van der Waals surface area contributed by atoms with Gasteiger partial charge in [-0.15, -0.1) is 0 Å². The molecule has 0 spiro atoms. The summed E-state index contributed by atoms with van der Waals surface area (Å²) in [6.07, 6.45) is -43.5. The summed E-state index contributed by atoms with van der Waals surface area (Å²) in [6.45, 7) is -0.702. The van der Waals surface area contributed by atoms with Crippen LogP contribution in [0.1, 0.15) is 27.2 Å². The number of aliphatic hydroxyl groups excluding tert-OH is 17. The van der Waals surface area contributed by atoms with Crippen LogP contribution in [0.2, 0.25) is 0 Å². The van der Waals surface area contributed by atoms with Gasteiger partial charge in [0.15, 0.2) is 31.5 Å². The molecule has 5 aliphatic heterocycles. The minimum Gasteiger partial charge on any atom is -0.394 e. The first-order valence-electron chi connectivity index (χ1n) is 22.4. The van der Waals surface area contributed by atoms with E-state index in [9.17, 15) is 86.8 Å². The molecule has 29 atom stereocenters. The molecule has 0 aromatic carbocycles. The van der Waals surface area contributed by atoms with Crippen molar-refractivity contribution in [3.8, 4) is 0 Å². The molecule has 5 saturated heterocycles. The molecule has 0 aromatic heterocycles. The first-order chi connectivity index (χ1) is 32.2. The highest BCUT2D eigenvalue weighted by molar-refractivity contribution is 5.00. The Balaban J connectivity index is 1.32. The zero-order valence-corrected chi connectivity index (χ0v) is 37.8. The van der Waals surface area contributed by atoms with Gasteiger partial charge in [0, 0.05) is 18.9 Å². The van der Waals surface area contributed by atoms with Crippen molar-refractivity contribution < 1.29 is 139 Å². The van der Waals surface area contributed by atoms with Crippen LogP contribution in [0.25, 0.3) is 0 Å². The highest BCUT2D eigenvalue weighted by atomic mass is 16.8. The SMILES string of the molecule is CO[C@@H]1OC(CO)[C@@H](O[C@@H]2OC(CO)[C@H](O[C@H]3OC(CO)[C@H](O)[C@H](C[C@@H]4OC(CO)[C@H](O)[C@H](O[C@@H]5OC(CO)[C@H](O)C(O)[C@@H]5OC(C)OC(C)[C@@H](O)[C@H](O)CO)C4C)C3O)C(O)[C@@H]2O)C(O)C1O. The number of hydrogen-bond acceptors (Lipinski definition) is 28. The van der Waals surface area contributed by atoms with Crippen LogP contribution in [-0.4, -0.2) is 299 Å². The maximum absolute atomic E-state index is 11.7. The molecule has 68 heavy (non-hydrogen) atoms. The van der Waals surface area contributed by atoms with Crippen LogP contribution in [-0.2, 0) is 52.1 Å². The van der Waals surface area contributed by atoms with Gasteiger partial charge in [-0.3, -0.25) is 0 Å². The van der Waals surface area contributed by atoms with E-state index in [-0.39, 0.29) is 6.42 Å². The van der Waals surface area contributed by atoms with Gasteiger partial charge in [0.2, 0.25) is 0 Å². The molecule has 5 heterocycles. The largest absolute Gasteiger partial charge is 0.394 e. The third-order valence-corrected chi connectivity index (χ3v) is 13.3. The number of aliphatic hydroxyl groups is 17. The minimum atomic E-state index is -2.02. The van der Waals surface area contributed by atoms with Gasteiger partial charge in [0.25, 0.3) is 0 Å². The second kappa shape index (κ2) is 25.7. The van der Waals surface area contributed by atoms with Crippen molar-refractivity contribution in [1.82, 2.24) is 0 Å². The van der Waals surface area contributed by atoms with Crippen molar-refractivity contribution in [2.24, 2.45) is 11.8 Å². The van der Waals surface area contributed by atoms with Crippen LogP contribution in [0.5, 0.6) is 0 Å². The Labute approximate surface area is 390 Å². The predicted octanol–water partition coefficient (Wildman–Crippen LogP) is -9.84. The van der Waals surface area contributed by atoms with Gasteiger partial charge in [-0.05, 0) is 20.3 Å². The van der Waals surface area contributed by atoms with Crippen molar-refractivity contribution in [2.45, 2.75) is 193 Å². The van der Waals surface area contributed by atoms with Gasteiger partial charge in [0.1, 0.15) is 110 Å². The monoisotopic (exact) mass is 1000 g/mol. The van der Waals surface area contributed by atoms with E-state index in [1.54, 1.807) is 0 Å². The van der Waals surface area contributed by atoms with Crippen LogP contribution in [0.15, 0.2) is 0 Å². The van der Waals surface area contributed by atoms with Crippen molar-refractivity contribution in [3.05, 3.63) is 0 Å². The van der Waals surface area contributed by atoms with Gasteiger partial charge < -0.3 is 139 Å². The Morgan fingerprint density at radius 1 is 0.456 bits per heavy atom. The highest BCUT2D eigenvalue weighted by Gasteiger charge is 2.56. The van der Waals surface area contributed by atoms with Crippen molar-refractivity contribution in [1.29, 1.82) is 0 Å². The standard InChI is InChI=1S/C40H72O28/c1-12-17(61-20(9-44)27(52)33(12)66-40-36(28(53)26(51)19(8-43)63-40)60-14(3)59-13(2)23(48)16(47)6-41)5-15-24(49)18(7-42)62-38(25(15)50)67-35-22(11-46)65-39(32(57)30(35)55)68-34-21(10-45)64-37(58-4)31(56)29(34)54/h12-57H,5-11H2,1-4H3/t12?,13?,14?,15-,16+,17-,18?,19?,20?,21?,22?,23+,24+,25?,26-,27-,28?,29?,30?,31?,32-,33+,34+,35-,36-,37+,38+,39-,40-/m0/s1. The predicted molar refractivity (Wildman–Crippen MR) is 216 cm³/mol. The molecule has 13 unspecified atom stereocenters. The van der Waals surface area contributed by atoms with Crippen LogP contribution in [0, 0.1) is 11.8 Å². The smallest absolute Gasteiger partial charge is 0.187 e. The van der Waals surface area contributed by atoms with Crippen molar-refractivity contribution in [3.63, 3.8) is 0 Å². The second-order valence-electron chi connectivity index (χ2n) is 17.8. The first-order valence-corrected chi connectivity index (χ1v) is 22.4. The lowest BCUT2D eigenvalue weighted by Crippen LogP contribution is -2.66. The molecule has 0 amide bonds. The third kappa shape index (κ3) is 12.6. The molecular weight excluding hydrogens is 928 g/mol. The molecule has 28 nitrogen and oxygen atoms in total. The van der Waals surface area contributed by atoms with Gasteiger partial charge >= 0.3 is 0 Å². The third-order valence-electron chi connectivity index (χ3n) is 13.3. The van der Waals surface area contributed by atoms with E-state index >= 15 is 0 Å². The molecule has 0 aromatic rings. The van der Waals surface area contributed by atoms with Crippen LogP contribution < -0.4 is 0 Å². The van der Waals surface area contributed by atoms with E-state index in [4.69, 9.17) is 52.1 Å². The molecule has 28 heteroatoms. The molecule has 5 fully saturated rings. The van der Waals surface area contributed by atoms with Gasteiger partial charge in [-0.2, -0.15) is 0 Å². The van der Waals surface area contributed by atoms with E-state index < -0.39 is 217 Å². The topological polar surface area (TPSA) is 445 Å². The fourth-order valence-corrected chi connectivity index (χ4v) is 9.19. The molecule has 0 bridgehead atoms. The van der Waals surface area contributed by atoms with Gasteiger partial charge in [-0.25, -0.2) is 0 Å². The number of methoxy groups -OCH3 is 1. The summed E-state index contributed by atoms with van der Waals surface area (Å²) in [5.41, 5.74) is 0. The Bertz CT molecular complexity index is 1470. The Morgan fingerprint density at radius 3 is 1.43 bits per heavy atom. The molecule has 0 radical (unpaired) electrons. The first kappa shape index (κ1) is 57.8. The zero-order chi connectivity index (χ0) is 50.5. The molecule has 0 saturated carbocycles. The van der Waals surface area contributed by atoms with Crippen molar-refractivity contribution >= 4 is 0 Å². The summed E-state index contributed by atoms with van der Waals surface area (Å²) < 4.78 is 62.9. The Hall–Kier alpha value is -1.12. The van der Waals surface area contributed by atoms with E-state index in [0.717, 1.165) is 0 Å². The van der Waals surface area contributed by atoms with Crippen LogP contribution >= 0.6 is 0 Å². The number of hydrogen-bond donors (Lipinski definition) is 17. The summed E-state index contributed by atoms with van der Waals surface area (Å²) in [7, 11) is 1.18. The van der Waals surface area contributed by atoms with E-state index in [1.165, 1.54) is 27.9 Å². The van der Waals surface area contributed by atoms with Gasteiger partial charge in [0.05, 0.1) is 64.1 Å². The Kier molecular flexibility index (Phi) is 21.8.